The van der Waals surface area contributed by atoms with Gasteiger partial charge >= 0.3 is 12.1 Å². The molecule has 0 bridgehead atoms. The number of aromatic nitrogens is 3. The Morgan fingerprint density at radius 2 is 1.64 bits per heavy atom. The quantitative estimate of drug-likeness (QED) is 0.302. The standard InChI is InChI=1S/C27H24F3N3O3/c1-26(2,25(34)35)16-36-21-10-7-17(8-11-21)23-12-9-19(14-31-23)24-32-15-20(33-24)13-18-5-3-4-6-22(18)27(28,29)30/h3-12,14-15H,13,16H2,1-2H3,(H,32,33)(H,34,35). The first kappa shape index (κ1) is 25.0. The first-order valence-electron chi connectivity index (χ1n) is 11.1. The summed E-state index contributed by atoms with van der Waals surface area (Å²) in [5.74, 6) is 0.136. The first-order chi connectivity index (χ1) is 17.0. The molecule has 9 heteroatoms. The van der Waals surface area contributed by atoms with Gasteiger partial charge in [0, 0.05) is 35.6 Å². The molecule has 0 amide bonds. The Hall–Kier alpha value is -4.14. The zero-order valence-corrected chi connectivity index (χ0v) is 19.6. The molecule has 2 N–H and O–H groups in total. The molecular weight excluding hydrogens is 471 g/mol. The summed E-state index contributed by atoms with van der Waals surface area (Å²) in [7, 11) is 0. The molecule has 0 aliphatic rings. The summed E-state index contributed by atoms with van der Waals surface area (Å²) < 4.78 is 45.4. The van der Waals surface area contributed by atoms with Gasteiger partial charge in [-0.25, -0.2) is 4.98 Å². The number of aliphatic carboxylic acids is 1. The highest BCUT2D eigenvalue weighted by molar-refractivity contribution is 5.73. The van der Waals surface area contributed by atoms with Crippen LogP contribution in [0, 0.1) is 5.41 Å². The summed E-state index contributed by atoms with van der Waals surface area (Å²) in [6, 6.07) is 16.3. The number of nitrogens with zero attached hydrogens (tertiary/aromatic N) is 2. The zero-order valence-electron chi connectivity index (χ0n) is 19.6. The number of H-pyrrole nitrogens is 1. The molecule has 36 heavy (non-hydrogen) atoms. The first-order valence-corrected chi connectivity index (χ1v) is 11.1. The second-order valence-corrected chi connectivity index (χ2v) is 9.02. The van der Waals surface area contributed by atoms with Gasteiger partial charge in [0.05, 0.1) is 16.7 Å². The highest BCUT2D eigenvalue weighted by Gasteiger charge is 2.33. The number of hydrogen-bond acceptors (Lipinski definition) is 4. The Labute approximate surface area is 205 Å². The van der Waals surface area contributed by atoms with E-state index in [2.05, 4.69) is 15.0 Å². The van der Waals surface area contributed by atoms with Crippen LogP contribution in [0.5, 0.6) is 5.75 Å². The van der Waals surface area contributed by atoms with Crippen LogP contribution in [0.1, 0.15) is 30.7 Å². The average molecular weight is 496 g/mol. The minimum Gasteiger partial charge on any atom is -0.492 e. The third-order valence-electron chi connectivity index (χ3n) is 5.70. The van der Waals surface area contributed by atoms with E-state index < -0.39 is 23.1 Å². The lowest BCUT2D eigenvalue weighted by Gasteiger charge is -2.19. The van der Waals surface area contributed by atoms with Crippen LogP contribution >= 0.6 is 0 Å². The number of carbonyl (C=O) groups is 1. The molecule has 0 spiro atoms. The number of carboxylic acids is 1. The fourth-order valence-corrected chi connectivity index (χ4v) is 3.50. The zero-order chi connectivity index (χ0) is 25.9. The van der Waals surface area contributed by atoms with Crippen molar-refractivity contribution < 1.29 is 27.8 Å². The monoisotopic (exact) mass is 495 g/mol. The van der Waals surface area contributed by atoms with Gasteiger partial charge in [-0.15, -0.1) is 0 Å². The molecular formula is C27H24F3N3O3. The second-order valence-electron chi connectivity index (χ2n) is 9.02. The Morgan fingerprint density at radius 1 is 0.944 bits per heavy atom. The molecule has 0 aliphatic carbocycles. The molecule has 186 valence electrons. The Morgan fingerprint density at radius 3 is 2.28 bits per heavy atom. The highest BCUT2D eigenvalue weighted by Crippen LogP contribution is 2.33. The van der Waals surface area contributed by atoms with Crippen LogP contribution in [-0.2, 0) is 17.4 Å². The molecule has 0 saturated heterocycles. The molecule has 2 heterocycles. The van der Waals surface area contributed by atoms with Crippen LogP contribution in [0.2, 0.25) is 0 Å². The SMILES string of the molecule is CC(C)(COc1ccc(-c2ccc(-c3ncc(Cc4ccccc4C(F)(F)F)[nH]3)cn2)cc1)C(=O)O. The van der Waals surface area contributed by atoms with Crippen molar-refractivity contribution in [2.45, 2.75) is 26.4 Å². The van der Waals surface area contributed by atoms with Gasteiger partial charge in [-0.05, 0) is 61.9 Å². The predicted molar refractivity (Wildman–Crippen MR) is 128 cm³/mol. The van der Waals surface area contributed by atoms with Crippen molar-refractivity contribution in [1.82, 2.24) is 15.0 Å². The Kier molecular flexibility index (Phi) is 6.83. The minimum absolute atomic E-state index is 0.0432. The number of imidazole rings is 1. The summed E-state index contributed by atoms with van der Waals surface area (Å²) in [5.41, 5.74) is 1.33. The van der Waals surface area contributed by atoms with Crippen molar-refractivity contribution in [3.63, 3.8) is 0 Å². The van der Waals surface area contributed by atoms with E-state index in [9.17, 15) is 23.1 Å². The van der Waals surface area contributed by atoms with Crippen molar-refractivity contribution in [3.8, 4) is 28.4 Å². The molecule has 2 aromatic heterocycles. The smallest absolute Gasteiger partial charge is 0.416 e. The molecule has 6 nitrogen and oxygen atoms in total. The number of carboxylic acid groups (broad SMARTS) is 1. The second kappa shape index (κ2) is 9.85. The van der Waals surface area contributed by atoms with Crippen molar-refractivity contribution in [2.75, 3.05) is 6.61 Å². The number of ether oxygens (including phenoxy) is 1. The minimum atomic E-state index is -4.42. The summed E-state index contributed by atoms with van der Waals surface area (Å²) in [6.07, 6.45) is -1.17. The average Bonchev–Trinajstić information content (AvgIpc) is 3.31. The van der Waals surface area contributed by atoms with Gasteiger partial charge in [-0.1, -0.05) is 18.2 Å². The molecule has 0 aliphatic heterocycles. The number of rotatable bonds is 8. The van der Waals surface area contributed by atoms with Crippen LogP contribution in [0.25, 0.3) is 22.6 Å². The van der Waals surface area contributed by atoms with E-state index in [1.165, 1.54) is 18.3 Å². The van der Waals surface area contributed by atoms with Crippen LogP contribution in [0.4, 0.5) is 13.2 Å². The predicted octanol–water partition coefficient (Wildman–Crippen LogP) is 6.24. The van der Waals surface area contributed by atoms with Crippen molar-refractivity contribution in [3.05, 3.63) is 89.9 Å². The van der Waals surface area contributed by atoms with Gasteiger partial charge in [-0.2, -0.15) is 13.2 Å². The van der Waals surface area contributed by atoms with E-state index in [-0.39, 0.29) is 18.6 Å². The maximum absolute atomic E-state index is 13.3. The molecule has 0 fully saturated rings. The molecule has 0 unspecified atom stereocenters. The summed E-state index contributed by atoms with van der Waals surface area (Å²) in [5, 5.41) is 9.19. The highest BCUT2D eigenvalue weighted by atomic mass is 19.4. The van der Waals surface area contributed by atoms with E-state index in [0.717, 1.165) is 11.6 Å². The lowest BCUT2D eigenvalue weighted by atomic mass is 9.95. The molecule has 0 atom stereocenters. The fourth-order valence-electron chi connectivity index (χ4n) is 3.50. The van der Waals surface area contributed by atoms with Gasteiger partial charge in [0.1, 0.15) is 18.2 Å². The number of halogens is 3. The fraction of sp³-hybridized carbons (Fsp3) is 0.222. The molecule has 0 saturated carbocycles. The molecule has 2 aromatic carbocycles. The van der Waals surface area contributed by atoms with Crippen molar-refractivity contribution in [1.29, 1.82) is 0 Å². The van der Waals surface area contributed by atoms with Crippen LogP contribution in [-0.4, -0.2) is 32.6 Å². The normalized spacial score (nSPS) is 11.9. The van der Waals surface area contributed by atoms with Gasteiger partial charge < -0.3 is 14.8 Å². The molecule has 0 radical (unpaired) electrons. The number of hydrogen-bond donors (Lipinski definition) is 2. The van der Waals surface area contributed by atoms with Crippen molar-refractivity contribution in [2.24, 2.45) is 5.41 Å². The Bertz CT molecular complexity index is 1350. The third kappa shape index (κ3) is 5.73. The van der Waals surface area contributed by atoms with Gasteiger partial charge in [0.15, 0.2) is 0 Å². The van der Waals surface area contributed by atoms with Crippen LogP contribution in [0.15, 0.2) is 73.1 Å². The number of nitrogens with one attached hydrogen (secondary N) is 1. The molecule has 4 aromatic rings. The third-order valence-corrected chi connectivity index (χ3v) is 5.70. The van der Waals surface area contributed by atoms with E-state index >= 15 is 0 Å². The van der Waals surface area contributed by atoms with Gasteiger partial charge in [0.2, 0.25) is 0 Å². The van der Waals surface area contributed by atoms with E-state index in [1.807, 2.05) is 24.3 Å². The topological polar surface area (TPSA) is 88.1 Å². The van der Waals surface area contributed by atoms with Crippen molar-refractivity contribution >= 4 is 5.97 Å². The van der Waals surface area contributed by atoms with Gasteiger partial charge in [0.25, 0.3) is 0 Å². The lowest BCUT2D eigenvalue weighted by Crippen LogP contribution is -2.30. The van der Waals surface area contributed by atoms with Crippen LogP contribution < -0.4 is 4.74 Å². The number of pyridine rings is 1. The molecule has 4 rings (SSSR count). The number of alkyl halides is 3. The maximum Gasteiger partial charge on any atom is 0.416 e. The van der Waals surface area contributed by atoms with Crippen LogP contribution in [0.3, 0.4) is 0 Å². The Balaban J connectivity index is 1.44. The lowest BCUT2D eigenvalue weighted by molar-refractivity contribution is -0.148. The number of benzene rings is 2. The largest absolute Gasteiger partial charge is 0.492 e. The summed E-state index contributed by atoms with van der Waals surface area (Å²) >= 11 is 0. The maximum atomic E-state index is 13.3. The summed E-state index contributed by atoms with van der Waals surface area (Å²) in [4.78, 5) is 23.1. The van der Waals surface area contributed by atoms with E-state index in [4.69, 9.17) is 4.74 Å². The number of aromatic amines is 1. The summed E-state index contributed by atoms with van der Waals surface area (Å²) in [6.45, 7) is 3.23. The van der Waals surface area contributed by atoms with E-state index in [0.29, 0.717) is 28.5 Å². The van der Waals surface area contributed by atoms with E-state index in [1.54, 1.807) is 38.2 Å². The van der Waals surface area contributed by atoms with Gasteiger partial charge in [-0.3, -0.25) is 9.78 Å².